The maximum Gasteiger partial charge on any atom is 0.122 e. The highest BCUT2D eigenvalue weighted by Crippen LogP contribution is 2.19. The van der Waals surface area contributed by atoms with Crippen LogP contribution in [0.5, 0.6) is 0 Å². The van der Waals surface area contributed by atoms with E-state index in [0.29, 0.717) is 12.8 Å². The summed E-state index contributed by atoms with van der Waals surface area (Å²) in [7, 11) is 0. The van der Waals surface area contributed by atoms with Crippen LogP contribution in [0.1, 0.15) is 65.2 Å². The van der Waals surface area contributed by atoms with Gasteiger partial charge >= 0.3 is 0 Å². The highest BCUT2D eigenvalue weighted by molar-refractivity contribution is 5.15. The lowest BCUT2D eigenvalue weighted by Crippen LogP contribution is -2.29. The van der Waals surface area contributed by atoms with Crippen LogP contribution in [0.15, 0.2) is 0 Å². The molecule has 2 atom stereocenters. The van der Waals surface area contributed by atoms with Crippen LogP contribution in [0.4, 0.5) is 0 Å². The summed E-state index contributed by atoms with van der Waals surface area (Å²) in [6.45, 7) is 3.41. The number of rotatable bonds is 0. The Morgan fingerprint density at radius 1 is 0.722 bits per heavy atom. The predicted molar refractivity (Wildman–Crippen MR) is 73.7 cm³/mol. The first-order chi connectivity index (χ1) is 8.41. The first-order valence-electron chi connectivity index (χ1n) is 6.86. The quantitative estimate of drug-likeness (QED) is 0.647. The second-order valence-electron chi connectivity index (χ2n) is 5.57. The van der Waals surface area contributed by atoms with Crippen LogP contribution in [0, 0.1) is 23.7 Å². The summed E-state index contributed by atoms with van der Waals surface area (Å²) in [5, 5.41) is 20.2. The highest BCUT2D eigenvalue weighted by Gasteiger charge is 2.24. The summed E-state index contributed by atoms with van der Waals surface area (Å²) in [6.07, 6.45) is 7.09. The molecule has 18 heavy (non-hydrogen) atoms. The van der Waals surface area contributed by atoms with Crippen LogP contribution >= 0.6 is 0 Å². The molecular formula is C16H24O2. The summed E-state index contributed by atoms with van der Waals surface area (Å²) in [5.74, 6) is 11.9. The summed E-state index contributed by atoms with van der Waals surface area (Å²) < 4.78 is 0. The van der Waals surface area contributed by atoms with Crippen LogP contribution in [0.2, 0.25) is 0 Å². The van der Waals surface area contributed by atoms with E-state index < -0.39 is 11.2 Å². The molecular weight excluding hydrogens is 224 g/mol. The lowest BCUT2D eigenvalue weighted by atomic mass is 9.92. The van der Waals surface area contributed by atoms with E-state index in [1.807, 2.05) is 0 Å². The van der Waals surface area contributed by atoms with Gasteiger partial charge in [0.05, 0.1) is 0 Å². The second kappa shape index (κ2) is 6.83. The lowest BCUT2D eigenvalue weighted by molar-refractivity contribution is 0.0581. The van der Waals surface area contributed by atoms with Gasteiger partial charge in [0.1, 0.15) is 11.2 Å². The van der Waals surface area contributed by atoms with Crippen molar-refractivity contribution in [3.05, 3.63) is 0 Å². The van der Waals surface area contributed by atoms with Crippen molar-refractivity contribution in [3.63, 3.8) is 0 Å². The molecule has 0 radical (unpaired) electrons. The van der Waals surface area contributed by atoms with Gasteiger partial charge in [-0.3, -0.25) is 0 Å². The van der Waals surface area contributed by atoms with Gasteiger partial charge in [-0.2, -0.15) is 0 Å². The Morgan fingerprint density at radius 2 is 1.11 bits per heavy atom. The molecule has 2 heteroatoms. The molecule has 1 aliphatic rings. The second-order valence-corrected chi connectivity index (χ2v) is 5.57. The molecule has 0 saturated heterocycles. The molecule has 0 aliphatic heterocycles. The van der Waals surface area contributed by atoms with Gasteiger partial charge < -0.3 is 10.2 Å². The van der Waals surface area contributed by atoms with Crippen LogP contribution in [-0.2, 0) is 0 Å². The van der Waals surface area contributed by atoms with Gasteiger partial charge in [-0.15, -0.1) is 11.8 Å². The summed E-state index contributed by atoms with van der Waals surface area (Å²) in [4.78, 5) is 0. The molecule has 0 fully saturated rings. The molecule has 0 saturated carbocycles. The van der Waals surface area contributed by atoms with Crippen molar-refractivity contribution in [1.29, 1.82) is 0 Å². The minimum atomic E-state index is -1.02. The van der Waals surface area contributed by atoms with Gasteiger partial charge in [-0.1, -0.05) is 24.7 Å². The van der Waals surface area contributed by atoms with Crippen LogP contribution < -0.4 is 0 Å². The fourth-order valence-corrected chi connectivity index (χ4v) is 1.90. The molecule has 0 spiro atoms. The van der Waals surface area contributed by atoms with Gasteiger partial charge in [-0.25, -0.2) is 0 Å². The van der Waals surface area contributed by atoms with E-state index in [4.69, 9.17) is 0 Å². The predicted octanol–water partition coefficient (Wildman–Crippen LogP) is 2.63. The van der Waals surface area contributed by atoms with Crippen LogP contribution in [0.3, 0.4) is 0 Å². The van der Waals surface area contributed by atoms with Crippen LogP contribution in [0.25, 0.3) is 0 Å². The van der Waals surface area contributed by atoms with E-state index in [0.717, 1.165) is 38.5 Å². The fourth-order valence-electron chi connectivity index (χ4n) is 1.90. The Morgan fingerprint density at radius 3 is 1.50 bits per heavy atom. The van der Waals surface area contributed by atoms with Gasteiger partial charge in [-0.05, 0) is 39.5 Å². The Hall–Kier alpha value is -0.960. The lowest BCUT2D eigenvalue weighted by Gasteiger charge is -2.22. The number of hydrogen-bond donors (Lipinski definition) is 2. The number of aliphatic hydroxyl groups is 2. The molecule has 2 unspecified atom stereocenters. The molecule has 0 aromatic rings. The minimum absolute atomic E-state index is 0.446. The highest BCUT2D eigenvalue weighted by atomic mass is 16.3. The van der Waals surface area contributed by atoms with E-state index in [1.165, 1.54) is 0 Å². The van der Waals surface area contributed by atoms with E-state index in [2.05, 4.69) is 23.7 Å². The third kappa shape index (κ3) is 6.70. The van der Waals surface area contributed by atoms with Crippen molar-refractivity contribution < 1.29 is 10.2 Å². The standard InChI is InChI=1S/C16H24O2/c1-15(17)11-9-7-5-3-4-6-8-10-12-16(2,18)14-13-15/h17-18H,3-8,13-14H2,1-2H3. The van der Waals surface area contributed by atoms with Gasteiger partial charge in [0.25, 0.3) is 0 Å². The van der Waals surface area contributed by atoms with Gasteiger partial charge in [0.15, 0.2) is 0 Å². The van der Waals surface area contributed by atoms with Crippen molar-refractivity contribution in [2.75, 3.05) is 0 Å². The maximum absolute atomic E-state index is 10.1. The van der Waals surface area contributed by atoms with E-state index >= 15 is 0 Å². The topological polar surface area (TPSA) is 40.5 Å². The average Bonchev–Trinajstić information content (AvgIpc) is 2.28. The molecule has 100 valence electrons. The molecule has 1 aliphatic carbocycles. The number of hydrogen-bond acceptors (Lipinski definition) is 2. The Labute approximate surface area is 111 Å². The Bertz CT molecular complexity index is 333. The molecule has 2 N–H and O–H groups in total. The van der Waals surface area contributed by atoms with E-state index in [-0.39, 0.29) is 0 Å². The zero-order chi connectivity index (χ0) is 13.5. The van der Waals surface area contributed by atoms with Crippen molar-refractivity contribution in [2.45, 2.75) is 76.4 Å². The zero-order valence-corrected chi connectivity index (χ0v) is 11.6. The van der Waals surface area contributed by atoms with Gasteiger partial charge in [0.2, 0.25) is 0 Å². The zero-order valence-electron chi connectivity index (χ0n) is 11.6. The van der Waals surface area contributed by atoms with Crippen molar-refractivity contribution >= 4 is 0 Å². The fraction of sp³-hybridized carbons (Fsp3) is 0.750. The maximum atomic E-state index is 10.1. The molecule has 0 heterocycles. The average molecular weight is 248 g/mol. The Balaban J connectivity index is 2.68. The summed E-state index contributed by atoms with van der Waals surface area (Å²) in [6, 6.07) is 0. The first-order valence-corrected chi connectivity index (χ1v) is 6.86. The van der Waals surface area contributed by atoms with E-state index in [1.54, 1.807) is 13.8 Å². The molecule has 2 nitrogen and oxygen atoms in total. The molecule has 0 amide bonds. The molecule has 0 aromatic carbocycles. The molecule has 1 rings (SSSR count). The third-order valence-corrected chi connectivity index (χ3v) is 3.17. The van der Waals surface area contributed by atoms with Crippen molar-refractivity contribution in [2.24, 2.45) is 0 Å². The smallest absolute Gasteiger partial charge is 0.122 e. The minimum Gasteiger partial charge on any atom is -0.378 e. The van der Waals surface area contributed by atoms with Gasteiger partial charge in [0, 0.05) is 12.8 Å². The van der Waals surface area contributed by atoms with Crippen molar-refractivity contribution in [1.82, 2.24) is 0 Å². The van der Waals surface area contributed by atoms with E-state index in [9.17, 15) is 10.2 Å². The van der Waals surface area contributed by atoms with Crippen molar-refractivity contribution in [3.8, 4) is 23.7 Å². The largest absolute Gasteiger partial charge is 0.378 e. The third-order valence-electron chi connectivity index (χ3n) is 3.17. The summed E-state index contributed by atoms with van der Waals surface area (Å²) >= 11 is 0. The molecule has 0 aromatic heterocycles. The Kier molecular flexibility index (Phi) is 5.73. The first kappa shape index (κ1) is 15.1. The molecule has 0 bridgehead atoms. The normalized spacial score (nSPS) is 34.4. The SMILES string of the molecule is CC1(O)C#CCCCCCCC#CC(C)(O)CC1. The summed E-state index contributed by atoms with van der Waals surface area (Å²) in [5.41, 5.74) is -2.04. The monoisotopic (exact) mass is 248 g/mol. The van der Waals surface area contributed by atoms with Crippen LogP contribution in [-0.4, -0.2) is 21.4 Å².